The molecule has 1 aliphatic rings. The first-order valence-corrected chi connectivity index (χ1v) is 6.37. The second-order valence-corrected chi connectivity index (χ2v) is 4.91. The molecule has 0 fully saturated rings. The van der Waals surface area contributed by atoms with Crippen molar-refractivity contribution in [2.24, 2.45) is 0 Å². The molecule has 0 N–H and O–H groups in total. The Hall–Kier alpha value is -2.30. The van der Waals surface area contributed by atoms with Gasteiger partial charge in [-0.15, -0.1) is 0 Å². The van der Waals surface area contributed by atoms with E-state index < -0.39 is 24.2 Å². The first-order valence-electron chi connectivity index (χ1n) is 6.37. The lowest BCUT2D eigenvalue weighted by Gasteiger charge is -2.39. The van der Waals surface area contributed by atoms with E-state index in [0.29, 0.717) is 5.56 Å². The Labute approximate surface area is 119 Å². The maximum Gasteiger partial charge on any atom is 0.433 e. The lowest BCUT2D eigenvalue weighted by Crippen LogP contribution is -2.50. The predicted molar refractivity (Wildman–Crippen MR) is 69.7 cm³/mol. The van der Waals surface area contributed by atoms with Crippen LogP contribution in [-0.2, 0) is 16.8 Å². The minimum absolute atomic E-state index is 0.0691. The van der Waals surface area contributed by atoms with E-state index in [-0.39, 0.29) is 11.1 Å². The highest BCUT2D eigenvalue weighted by molar-refractivity contribution is 5.92. The van der Waals surface area contributed by atoms with Crippen LogP contribution in [0.5, 0.6) is 0 Å². The topological polar surface area (TPSA) is 26.3 Å². The molecule has 0 saturated carbocycles. The van der Waals surface area contributed by atoms with Crippen LogP contribution in [0, 0.1) is 0 Å². The van der Waals surface area contributed by atoms with Crippen LogP contribution in [0.2, 0.25) is 0 Å². The molecule has 1 atom stereocenters. The van der Waals surface area contributed by atoms with Gasteiger partial charge in [-0.3, -0.25) is 0 Å². The minimum Gasteiger partial charge on any atom is -0.440 e. The summed E-state index contributed by atoms with van der Waals surface area (Å²) in [5, 5.41) is 0. The molecule has 0 amide bonds. The van der Waals surface area contributed by atoms with Gasteiger partial charge in [0.15, 0.2) is 0 Å². The summed E-state index contributed by atoms with van der Waals surface area (Å²) >= 11 is 0. The van der Waals surface area contributed by atoms with E-state index in [9.17, 15) is 18.0 Å². The summed E-state index contributed by atoms with van der Waals surface area (Å²) in [5.41, 5.74) is -2.16. The minimum atomic E-state index is -4.70. The van der Waals surface area contributed by atoms with Gasteiger partial charge >= 0.3 is 12.1 Å². The molecule has 0 radical (unpaired) electrons. The van der Waals surface area contributed by atoms with Gasteiger partial charge in [-0.25, -0.2) is 4.79 Å². The van der Waals surface area contributed by atoms with Crippen molar-refractivity contribution < 1.29 is 22.7 Å². The zero-order valence-corrected chi connectivity index (χ0v) is 10.9. The zero-order chi connectivity index (χ0) is 15.1. The highest BCUT2D eigenvalue weighted by Crippen LogP contribution is 2.47. The molecule has 3 rings (SSSR count). The summed E-state index contributed by atoms with van der Waals surface area (Å²) in [7, 11) is 0. The van der Waals surface area contributed by atoms with Crippen LogP contribution in [0.4, 0.5) is 13.2 Å². The van der Waals surface area contributed by atoms with Crippen LogP contribution in [0.15, 0.2) is 54.6 Å². The van der Waals surface area contributed by atoms with Crippen LogP contribution < -0.4 is 0 Å². The van der Waals surface area contributed by atoms with E-state index in [2.05, 4.69) is 0 Å². The Morgan fingerprint density at radius 3 is 2.24 bits per heavy atom. The lowest BCUT2D eigenvalue weighted by atomic mass is 9.82. The van der Waals surface area contributed by atoms with Gasteiger partial charge in [-0.05, 0) is 11.6 Å². The van der Waals surface area contributed by atoms with Crippen molar-refractivity contribution in [3.8, 4) is 0 Å². The number of cyclic esters (lactones) is 1. The summed E-state index contributed by atoms with van der Waals surface area (Å²) in [6.07, 6.45) is -5.11. The van der Waals surface area contributed by atoms with Crippen molar-refractivity contribution in [2.45, 2.75) is 18.2 Å². The Bertz CT molecular complexity index is 679. The first kappa shape index (κ1) is 13.7. The second-order valence-electron chi connectivity index (χ2n) is 4.91. The summed E-state index contributed by atoms with van der Waals surface area (Å²) in [6.45, 7) is 0. The van der Waals surface area contributed by atoms with Crippen LogP contribution in [-0.4, -0.2) is 12.1 Å². The van der Waals surface area contributed by atoms with E-state index in [4.69, 9.17) is 4.74 Å². The number of ether oxygens (including phenoxy) is 1. The molecular formula is C16H11F3O2. The number of halogens is 3. The second kappa shape index (κ2) is 4.62. The zero-order valence-electron chi connectivity index (χ0n) is 10.9. The Kier molecular flexibility index (Phi) is 3.01. The summed E-state index contributed by atoms with van der Waals surface area (Å²) in [6, 6.07) is 13.5. The largest absolute Gasteiger partial charge is 0.440 e. The molecule has 1 heterocycles. The fourth-order valence-electron chi connectivity index (χ4n) is 2.58. The number of rotatable bonds is 1. The summed E-state index contributed by atoms with van der Waals surface area (Å²) in [5.74, 6) is -0.946. The Morgan fingerprint density at radius 1 is 0.952 bits per heavy atom. The van der Waals surface area contributed by atoms with Crippen LogP contribution in [0.1, 0.15) is 21.5 Å². The molecule has 2 aromatic rings. The number of hydrogen-bond acceptors (Lipinski definition) is 2. The van der Waals surface area contributed by atoms with Crippen molar-refractivity contribution >= 4 is 5.97 Å². The van der Waals surface area contributed by atoms with Crippen molar-refractivity contribution in [1.29, 1.82) is 0 Å². The summed E-state index contributed by atoms with van der Waals surface area (Å²) in [4.78, 5) is 12.0. The third-order valence-corrected chi connectivity index (χ3v) is 3.64. The molecule has 21 heavy (non-hydrogen) atoms. The van der Waals surface area contributed by atoms with E-state index in [1.807, 2.05) is 0 Å². The fraction of sp³-hybridized carbons (Fsp3) is 0.188. The summed E-state index contributed by atoms with van der Waals surface area (Å²) < 4.78 is 45.9. The smallest absolute Gasteiger partial charge is 0.433 e. The molecule has 0 unspecified atom stereocenters. The molecule has 0 aromatic heterocycles. The van der Waals surface area contributed by atoms with Gasteiger partial charge in [0, 0.05) is 12.0 Å². The number of carbonyl (C=O) groups is 1. The molecule has 1 aliphatic heterocycles. The Balaban J connectivity index is 2.19. The van der Waals surface area contributed by atoms with Crippen molar-refractivity contribution in [3.05, 3.63) is 71.3 Å². The number of fused-ring (bicyclic) bond motifs is 1. The van der Waals surface area contributed by atoms with Crippen LogP contribution >= 0.6 is 0 Å². The van der Waals surface area contributed by atoms with Gasteiger partial charge in [0.2, 0.25) is 5.60 Å². The normalized spacial score (nSPS) is 21.6. The molecular weight excluding hydrogens is 281 g/mol. The maximum atomic E-state index is 13.7. The van der Waals surface area contributed by atoms with Gasteiger partial charge < -0.3 is 4.74 Å². The molecule has 0 saturated heterocycles. The highest BCUT2D eigenvalue weighted by Gasteiger charge is 2.61. The number of hydrogen-bond donors (Lipinski definition) is 0. The average Bonchev–Trinajstić information content (AvgIpc) is 2.47. The molecule has 5 heteroatoms. The number of alkyl halides is 3. The standard InChI is InChI=1S/C16H11F3O2/c17-16(18,19)15(12-7-2-1-3-8-12)10-11-6-4-5-9-13(11)14(20)21-15/h1-9H,10H2/t15-/m0/s1. The van der Waals surface area contributed by atoms with E-state index >= 15 is 0 Å². The third-order valence-electron chi connectivity index (χ3n) is 3.64. The molecule has 2 aromatic carbocycles. The number of benzene rings is 2. The highest BCUT2D eigenvalue weighted by atomic mass is 19.4. The van der Waals surface area contributed by atoms with Gasteiger partial charge in [-0.2, -0.15) is 13.2 Å². The van der Waals surface area contributed by atoms with Gasteiger partial charge in [-0.1, -0.05) is 48.5 Å². The average molecular weight is 292 g/mol. The lowest BCUT2D eigenvalue weighted by molar-refractivity contribution is -0.267. The van der Waals surface area contributed by atoms with Gasteiger partial charge in [0.05, 0.1) is 5.56 Å². The van der Waals surface area contributed by atoms with Crippen molar-refractivity contribution in [1.82, 2.24) is 0 Å². The quantitative estimate of drug-likeness (QED) is 0.746. The van der Waals surface area contributed by atoms with Crippen LogP contribution in [0.3, 0.4) is 0 Å². The number of carbonyl (C=O) groups excluding carboxylic acids is 1. The van der Waals surface area contributed by atoms with Crippen molar-refractivity contribution in [3.63, 3.8) is 0 Å². The molecule has 0 spiro atoms. The van der Waals surface area contributed by atoms with Gasteiger partial charge in [0.1, 0.15) is 0 Å². The molecule has 0 aliphatic carbocycles. The molecule has 0 bridgehead atoms. The van der Waals surface area contributed by atoms with E-state index in [1.54, 1.807) is 18.2 Å². The molecule has 108 valence electrons. The predicted octanol–water partition coefficient (Wildman–Crippen LogP) is 3.86. The Morgan fingerprint density at radius 2 is 1.57 bits per heavy atom. The first-order chi connectivity index (χ1) is 9.94. The van der Waals surface area contributed by atoms with Gasteiger partial charge in [0.25, 0.3) is 0 Å². The SMILES string of the molecule is O=C1O[C@@](c2ccccc2)(C(F)(F)F)Cc2ccccc21. The number of esters is 1. The third kappa shape index (κ3) is 2.09. The fourth-order valence-corrected chi connectivity index (χ4v) is 2.58. The van der Waals surface area contributed by atoms with Crippen molar-refractivity contribution in [2.75, 3.05) is 0 Å². The van der Waals surface area contributed by atoms with E-state index in [1.165, 1.54) is 36.4 Å². The molecule has 2 nitrogen and oxygen atoms in total. The van der Waals surface area contributed by atoms with Crippen LogP contribution in [0.25, 0.3) is 0 Å². The maximum absolute atomic E-state index is 13.7. The van der Waals surface area contributed by atoms with E-state index in [0.717, 1.165) is 0 Å². The monoisotopic (exact) mass is 292 g/mol.